The van der Waals surface area contributed by atoms with Crippen LogP contribution in [0.15, 0.2) is 48.6 Å². The van der Waals surface area contributed by atoms with Crippen LogP contribution in [0.25, 0.3) is 0 Å². The lowest BCUT2D eigenvalue weighted by molar-refractivity contribution is -0.161. The van der Waals surface area contributed by atoms with E-state index in [4.69, 9.17) is 24.3 Å². The zero-order valence-electron chi connectivity index (χ0n) is 38.0. The molecule has 0 aromatic carbocycles. The summed E-state index contributed by atoms with van der Waals surface area (Å²) in [5, 5.41) is 0. The van der Waals surface area contributed by atoms with Crippen molar-refractivity contribution >= 4 is 19.8 Å². The molecule has 0 radical (unpaired) electrons. The van der Waals surface area contributed by atoms with Crippen molar-refractivity contribution in [3.05, 3.63) is 48.6 Å². The molecule has 0 aliphatic carbocycles. The number of allylic oxidation sites excluding steroid dienone is 8. The number of carbonyl (C=O) groups is 2. The predicted octanol–water partition coefficient (Wildman–Crippen LogP) is 14.3. The molecule has 0 amide bonds. The van der Waals surface area contributed by atoms with Gasteiger partial charge in [0.25, 0.3) is 0 Å². The molecule has 1 unspecified atom stereocenters. The van der Waals surface area contributed by atoms with Crippen LogP contribution >= 0.6 is 7.82 Å². The molecular formula is C49H90NO8P. The molecule has 0 aliphatic heterocycles. The van der Waals surface area contributed by atoms with Crippen LogP contribution in [0.3, 0.4) is 0 Å². The lowest BCUT2D eigenvalue weighted by Crippen LogP contribution is -2.29. The van der Waals surface area contributed by atoms with E-state index in [1.165, 1.54) is 128 Å². The minimum absolute atomic E-state index is 0.0461. The number of carbonyl (C=O) groups excluding carboxylic acids is 2. The van der Waals surface area contributed by atoms with Gasteiger partial charge in [-0.05, 0) is 51.4 Å². The van der Waals surface area contributed by atoms with Crippen LogP contribution in [-0.2, 0) is 32.7 Å². The highest BCUT2D eigenvalue weighted by atomic mass is 31.2. The Balaban J connectivity index is 4.05. The molecule has 0 aliphatic rings. The van der Waals surface area contributed by atoms with Gasteiger partial charge in [0.1, 0.15) is 6.61 Å². The Bertz CT molecular complexity index is 1110. The number of unbranched alkanes of at least 4 members (excludes halogenated alkanes) is 24. The topological polar surface area (TPSA) is 134 Å². The Hall–Kier alpha value is -2.03. The minimum Gasteiger partial charge on any atom is -0.462 e. The van der Waals surface area contributed by atoms with Gasteiger partial charge >= 0.3 is 19.8 Å². The first-order chi connectivity index (χ1) is 28.8. The van der Waals surface area contributed by atoms with Crippen molar-refractivity contribution in [1.29, 1.82) is 0 Å². The van der Waals surface area contributed by atoms with Gasteiger partial charge in [0.05, 0.1) is 13.2 Å². The van der Waals surface area contributed by atoms with E-state index >= 15 is 0 Å². The first-order valence-corrected chi connectivity index (χ1v) is 25.6. The Morgan fingerprint density at radius 2 is 0.932 bits per heavy atom. The molecule has 0 rings (SSSR count). The minimum atomic E-state index is -4.39. The number of rotatable bonds is 45. The van der Waals surface area contributed by atoms with Gasteiger partial charge in [-0.1, -0.05) is 204 Å². The van der Waals surface area contributed by atoms with Crippen molar-refractivity contribution in [2.45, 2.75) is 225 Å². The third-order valence-electron chi connectivity index (χ3n) is 10.2. The molecule has 10 heteroatoms. The van der Waals surface area contributed by atoms with E-state index in [2.05, 4.69) is 62.5 Å². The van der Waals surface area contributed by atoms with E-state index in [1.807, 2.05) is 0 Å². The van der Waals surface area contributed by atoms with Gasteiger partial charge in [-0.25, -0.2) is 4.57 Å². The second kappa shape index (κ2) is 45.5. The summed E-state index contributed by atoms with van der Waals surface area (Å²) < 4.78 is 32.8. The maximum atomic E-state index is 12.6. The van der Waals surface area contributed by atoms with Gasteiger partial charge in [0, 0.05) is 19.4 Å². The van der Waals surface area contributed by atoms with Crippen LogP contribution in [0.2, 0.25) is 0 Å². The highest BCUT2D eigenvalue weighted by Gasteiger charge is 2.26. The van der Waals surface area contributed by atoms with Crippen molar-refractivity contribution in [1.82, 2.24) is 0 Å². The van der Waals surface area contributed by atoms with Gasteiger partial charge < -0.3 is 20.1 Å². The third kappa shape index (κ3) is 45.3. The number of hydrogen-bond acceptors (Lipinski definition) is 8. The number of nitrogens with two attached hydrogens (primary N) is 1. The monoisotopic (exact) mass is 852 g/mol. The first-order valence-electron chi connectivity index (χ1n) is 24.1. The van der Waals surface area contributed by atoms with Gasteiger partial charge in [0.2, 0.25) is 0 Å². The van der Waals surface area contributed by atoms with Crippen LogP contribution in [-0.4, -0.2) is 49.3 Å². The predicted molar refractivity (Wildman–Crippen MR) is 247 cm³/mol. The second-order valence-corrected chi connectivity index (χ2v) is 17.4. The van der Waals surface area contributed by atoms with E-state index in [1.54, 1.807) is 0 Å². The fourth-order valence-corrected chi connectivity index (χ4v) is 7.45. The molecule has 0 spiro atoms. The maximum absolute atomic E-state index is 12.6. The SMILES string of the molecule is CC/C=C/C/C=C/C/C=C/C/C=C/CCCCC(=O)O[C@@H](COC(=O)CCCCCCCCCCCCCCCCCCCCCCCCC)COP(=O)(O)OCCN. The standard InChI is InChI=1S/C49H90NO8P/c1-3-5-7-9-11-13-15-17-19-20-21-22-23-24-25-26-28-29-31-33-35-37-39-41-48(51)55-45-47(46-57-59(53,54)56-44-43-50)58-49(52)42-40-38-36-34-32-30-27-18-16-14-12-10-8-6-4-2/h6,8,12,14,18,27,32,34,47H,3-5,7,9-11,13,15-17,19-26,28-31,33,35-46,50H2,1-2H3,(H,53,54)/b8-6+,14-12+,27-18+,34-32+/t47-/m0/s1. The summed E-state index contributed by atoms with van der Waals surface area (Å²) in [6.45, 7) is 3.59. The quantitative estimate of drug-likeness (QED) is 0.0266. The third-order valence-corrected chi connectivity index (χ3v) is 11.2. The summed E-state index contributed by atoms with van der Waals surface area (Å²) in [6.07, 6.45) is 53.1. The molecule has 2 atom stereocenters. The van der Waals surface area contributed by atoms with Crippen LogP contribution in [0.1, 0.15) is 219 Å². The van der Waals surface area contributed by atoms with Crippen molar-refractivity contribution in [2.24, 2.45) is 5.73 Å². The summed E-state index contributed by atoms with van der Waals surface area (Å²) in [4.78, 5) is 34.9. The number of esters is 2. The average Bonchev–Trinajstić information content (AvgIpc) is 3.22. The lowest BCUT2D eigenvalue weighted by atomic mass is 10.0. The smallest absolute Gasteiger partial charge is 0.462 e. The largest absolute Gasteiger partial charge is 0.472 e. The maximum Gasteiger partial charge on any atom is 0.472 e. The highest BCUT2D eigenvalue weighted by molar-refractivity contribution is 7.47. The molecule has 9 nitrogen and oxygen atoms in total. The number of phosphoric ester groups is 1. The van der Waals surface area contributed by atoms with E-state index in [-0.39, 0.29) is 38.6 Å². The Kier molecular flexibility index (Phi) is 43.9. The van der Waals surface area contributed by atoms with Gasteiger partial charge in [-0.15, -0.1) is 0 Å². The summed E-state index contributed by atoms with van der Waals surface area (Å²) in [5.41, 5.74) is 5.35. The normalized spacial score (nSPS) is 13.6. The summed E-state index contributed by atoms with van der Waals surface area (Å²) in [7, 11) is -4.39. The van der Waals surface area contributed by atoms with E-state index < -0.39 is 26.5 Å². The zero-order chi connectivity index (χ0) is 43.2. The van der Waals surface area contributed by atoms with Gasteiger partial charge in [-0.2, -0.15) is 0 Å². The Labute approximate surface area is 362 Å². The van der Waals surface area contributed by atoms with E-state index in [9.17, 15) is 19.0 Å². The van der Waals surface area contributed by atoms with Gasteiger partial charge in [0.15, 0.2) is 6.10 Å². The molecule has 59 heavy (non-hydrogen) atoms. The van der Waals surface area contributed by atoms with Crippen LogP contribution in [0.5, 0.6) is 0 Å². The first kappa shape index (κ1) is 57.0. The molecule has 0 saturated heterocycles. The molecule has 0 aromatic rings. The Morgan fingerprint density at radius 3 is 1.39 bits per heavy atom. The van der Waals surface area contributed by atoms with Crippen LogP contribution < -0.4 is 5.73 Å². The molecule has 0 saturated carbocycles. The van der Waals surface area contributed by atoms with Crippen molar-refractivity contribution in [3.63, 3.8) is 0 Å². The van der Waals surface area contributed by atoms with E-state index in [0.29, 0.717) is 6.42 Å². The second-order valence-electron chi connectivity index (χ2n) is 16.0. The Morgan fingerprint density at radius 1 is 0.525 bits per heavy atom. The highest BCUT2D eigenvalue weighted by Crippen LogP contribution is 2.43. The molecule has 344 valence electrons. The van der Waals surface area contributed by atoms with Gasteiger partial charge in [-0.3, -0.25) is 18.6 Å². The van der Waals surface area contributed by atoms with Crippen molar-refractivity contribution < 1.29 is 37.6 Å². The molecule has 0 aromatic heterocycles. The lowest BCUT2D eigenvalue weighted by Gasteiger charge is -2.19. The van der Waals surface area contributed by atoms with Crippen LogP contribution in [0, 0.1) is 0 Å². The number of phosphoric acid groups is 1. The molecule has 0 fully saturated rings. The van der Waals surface area contributed by atoms with E-state index in [0.717, 1.165) is 57.8 Å². The number of ether oxygens (including phenoxy) is 2. The average molecular weight is 852 g/mol. The molecule has 0 bridgehead atoms. The summed E-state index contributed by atoms with van der Waals surface area (Å²) in [5.74, 6) is -0.871. The fourth-order valence-electron chi connectivity index (χ4n) is 6.69. The van der Waals surface area contributed by atoms with Crippen LogP contribution in [0.4, 0.5) is 0 Å². The zero-order valence-corrected chi connectivity index (χ0v) is 38.9. The van der Waals surface area contributed by atoms with Crippen molar-refractivity contribution in [2.75, 3.05) is 26.4 Å². The summed E-state index contributed by atoms with van der Waals surface area (Å²) in [6, 6.07) is 0. The fraction of sp³-hybridized carbons (Fsp3) is 0.796. The van der Waals surface area contributed by atoms with Crippen molar-refractivity contribution in [3.8, 4) is 0 Å². The summed E-state index contributed by atoms with van der Waals surface area (Å²) >= 11 is 0. The molecule has 0 heterocycles. The molecule has 3 N–H and O–H groups in total. The molecular weight excluding hydrogens is 762 g/mol. The number of hydrogen-bond donors (Lipinski definition) is 2.